The summed E-state index contributed by atoms with van der Waals surface area (Å²) in [6, 6.07) is 12.8. The van der Waals surface area contributed by atoms with E-state index in [2.05, 4.69) is 5.10 Å². The normalized spacial score (nSPS) is 11.4. The van der Waals surface area contributed by atoms with Crippen molar-refractivity contribution in [3.8, 4) is 5.69 Å². The van der Waals surface area contributed by atoms with Crippen LogP contribution in [0.1, 0.15) is 21.6 Å². The SMILES string of the molecule is Cc1nn(-c2ccccc2)c(Cl)c1COC(=O)c1cc(S(N)(=O)=O)ccc1Cl. The number of sulfonamides is 1. The Morgan fingerprint density at radius 3 is 2.50 bits per heavy atom. The number of rotatable bonds is 5. The van der Waals surface area contributed by atoms with Gasteiger partial charge in [-0.3, -0.25) is 0 Å². The average Bonchev–Trinajstić information content (AvgIpc) is 2.94. The highest BCUT2D eigenvalue weighted by Gasteiger charge is 2.20. The number of aryl methyl sites for hydroxylation is 1. The number of ether oxygens (including phenoxy) is 1. The molecule has 0 aliphatic rings. The van der Waals surface area contributed by atoms with Crippen molar-refractivity contribution in [1.82, 2.24) is 9.78 Å². The van der Waals surface area contributed by atoms with Gasteiger partial charge in [-0.1, -0.05) is 41.4 Å². The van der Waals surface area contributed by atoms with Crippen molar-refractivity contribution in [2.45, 2.75) is 18.4 Å². The highest BCUT2D eigenvalue weighted by atomic mass is 35.5. The van der Waals surface area contributed by atoms with Crippen LogP contribution in [0.5, 0.6) is 0 Å². The van der Waals surface area contributed by atoms with Gasteiger partial charge in [0, 0.05) is 5.56 Å². The molecule has 1 aromatic heterocycles. The van der Waals surface area contributed by atoms with Gasteiger partial charge in [-0.25, -0.2) is 23.0 Å². The number of halogens is 2. The number of hydrogen-bond donors (Lipinski definition) is 1. The predicted molar refractivity (Wildman–Crippen MR) is 105 cm³/mol. The second kappa shape index (κ2) is 7.92. The molecule has 0 aliphatic heterocycles. The lowest BCUT2D eigenvalue weighted by molar-refractivity contribution is 0.0472. The lowest BCUT2D eigenvalue weighted by atomic mass is 10.2. The molecule has 28 heavy (non-hydrogen) atoms. The number of carbonyl (C=O) groups excluding carboxylic acids is 1. The minimum atomic E-state index is -3.98. The van der Waals surface area contributed by atoms with E-state index >= 15 is 0 Å². The van der Waals surface area contributed by atoms with Crippen LogP contribution in [0.25, 0.3) is 5.69 Å². The quantitative estimate of drug-likeness (QED) is 0.612. The van der Waals surface area contributed by atoms with Crippen molar-refractivity contribution in [2.24, 2.45) is 5.14 Å². The number of esters is 1. The molecule has 0 fully saturated rings. The van der Waals surface area contributed by atoms with E-state index in [4.69, 9.17) is 33.1 Å². The molecule has 0 amide bonds. The number of hydrogen-bond acceptors (Lipinski definition) is 5. The van der Waals surface area contributed by atoms with E-state index < -0.39 is 16.0 Å². The lowest BCUT2D eigenvalue weighted by Gasteiger charge is -2.08. The van der Waals surface area contributed by atoms with Gasteiger partial charge in [0.25, 0.3) is 0 Å². The first-order valence-corrected chi connectivity index (χ1v) is 10.3. The average molecular weight is 440 g/mol. The van der Waals surface area contributed by atoms with Crippen LogP contribution in [-0.4, -0.2) is 24.2 Å². The molecule has 146 valence electrons. The molecule has 0 radical (unpaired) electrons. The Labute approximate surface area is 171 Å². The third-order valence-corrected chi connectivity index (χ3v) is 5.59. The zero-order chi connectivity index (χ0) is 20.5. The molecule has 0 unspecified atom stereocenters. The van der Waals surface area contributed by atoms with E-state index in [9.17, 15) is 13.2 Å². The van der Waals surface area contributed by atoms with Crippen LogP contribution in [0.15, 0.2) is 53.4 Å². The van der Waals surface area contributed by atoms with Crippen molar-refractivity contribution >= 4 is 39.2 Å². The Morgan fingerprint density at radius 1 is 1.18 bits per heavy atom. The maximum Gasteiger partial charge on any atom is 0.340 e. The maximum atomic E-state index is 12.4. The summed E-state index contributed by atoms with van der Waals surface area (Å²) in [5.74, 6) is -0.807. The number of nitrogens with zero attached hydrogens (tertiary/aromatic N) is 2. The molecule has 0 saturated carbocycles. The van der Waals surface area contributed by atoms with E-state index in [0.717, 1.165) is 11.8 Å². The first-order valence-electron chi connectivity index (χ1n) is 7.97. The van der Waals surface area contributed by atoms with Crippen LogP contribution < -0.4 is 5.14 Å². The highest BCUT2D eigenvalue weighted by molar-refractivity contribution is 7.89. The van der Waals surface area contributed by atoms with Crippen LogP contribution in [0.4, 0.5) is 0 Å². The summed E-state index contributed by atoms with van der Waals surface area (Å²) < 4.78 is 29.8. The zero-order valence-electron chi connectivity index (χ0n) is 14.6. The fraction of sp³-hybridized carbons (Fsp3) is 0.111. The molecule has 0 spiro atoms. The summed E-state index contributed by atoms with van der Waals surface area (Å²) >= 11 is 12.4. The van der Waals surface area contributed by atoms with Crippen molar-refractivity contribution < 1.29 is 17.9 Å². The lowest BCUT2D eigenvalue weighted by Crippen LogP contribution is -2.14. The van der Waals surface area contributed by atoms with Gasteiger partial charge < -0.3 is 4.74 Å². The van der Waals surface area contributed by atoms with Crippen LogP contribution in [0.3, 0.4) is 0 Å². The summed E-state index contributed by atoms with van der Waals surface area (Å²) in [4.78, 5) is 12.2. The number of primary sulfonamides is 1. The second-order valence-corrected chi connectivity index (χ2v) is 8.19. The maximum absolute atomic E-state index is 12.4. The van der Waals surface area contributed by atoms with Crippen LogP contribution in [0.2, 0.25) is 10.2 Å². The second-order valence-electron chi connectivity index (χ2n) is 5.86. The number of benzene rings is 2. The number of para-hydroxylation sites is 1. The fourth-order valence-corrected chi connectivity index (χ4v) is 3.55. The van der Waals surface area contributed by atoms with Gasteiger partial charge in [0.1, 0.15) is 11.8 Å². The summed E-state index contributed by atoms with van der Waals surface area (Å²) in [6.45, 7) is 1.58. The van der Waals surface area contributed by atoms with Gasteiger partial charge in [0.2, 0.25) is 10.0 Å². The van der Waals surface area contributed by atoms with Gasteiger partial charge >= 0.3 is 5.97 Å². The molecule has 2 N–H and O–H groups in total. The largest absolute Gasteiger partial charge is 0.457 e. The molecule has 0 atom stereocenters. The van der Waals surface area contributed by atoms with Crippen LogP contribution in [0, 0.1) is 6.92 Å². The number of aromatic nitrogens is 2. The molecule has 0 saturated heterocycles. The minimum Gasteiger partial charge on any atom is -0.457 e. The van der Waals surface area contributed by atoms with Gasteiger partial charge in [0.15, 0.2) is 0 Å². The third kappa shape index (κ3) is 4.20. The van der Waals surface area contributed by atoms with Gasteiger partial charge in [-0.15, -0.1) is 0 Å². The number of carbonyl (C=O) groups is 1. The fourth-order valence-electron chi connectivity index (χ4n) is 2.49. The molecule has 2 aromatic carbocycles. The van der Waals surface area contributed by atoms with E-state index in [1.165, 1.54) is 16.8 Å². The summed E-state index contributed by atoms with van der Waals surface area (Å²) in [5, 5.41) is 9.80. The monoisotopic (exact) mass is 439 g/mol. The third-order valence-electron chi connectivity index (χ3n) is 3.96. The Morgan fingerprint density at radius 2 is 1.86 bits per heavy atom. The van der Waals surface area contributed by atoms with Crippen LogP contribution >= 0.6 is 23.2 Å². The predicted octanol–water partition coefficient (Wildman–Crippen LogP) is 3.49. The topological polar surface area (TPSA) is 104 Å². The molecule has 0 aliphatic carbocycles. The number of nitrogens with two attached hydrogens (primary N) is 1. The zero-order valence-corrected chi connectivity index (χ0v) is 16.9. The molecule has 1 heterocycles. The van der Waals surface area contributed by atoms with Crippen molar-refractivity contribution in [2.75, 3.05) is 0 Å². The first kappa shape index (κ1) is 20.3. The van der Waals surface area contributed by atoms with E-state index in [1.807, 2.05) is 30.3 Å². The van der Waals surface area contributed by atoms with Crippen molar-refractivity contribution in [3.63, 3.8) is 0 Å². The Balaban J connectivity index is 1.84. The molecular weight excluding hydrogens is 425 g/mol. The standard InChI is InChI=1S/C18H15Cl2N3O4S/c1-11-15(17(20)23(22-11)12-5-3-2-4-6-12)10-27-18(24)14-9-13(28(21,25)26)7-8-16(14)19/h2-9H,10H2,1H3,(H2,21,25,26). The molecule has 3 rings (SSSR count). The summed E-state index contributed by atoms with van der Waals surface area (Å²) in [7, 11) is -3.98. The minimum absolute atomic E-state index is 0.0419. The van der Waals surface area contributed by atoms with Gasteiger partial charge in [-0.2, -0.15) is 5.10 Å². The first-order chi connectivity index (χ1) is 13.2. The summed E-state index contributed by atoms with van der Waals surface area (Å²) in [5.41, 5.74) is 1.76. The molecule has 7 nitrogen and oxygen atoms in total. The molecule has 0 bridgehead atoms. The van der Waals surface area contributed by atoms with E-state index in [-0.39, 0.29) is 22.1 Å². The Bertz CT molecular complexity index is 1150. The molecular formula is C18H15Cl2N3O4S. The van der Waals surface area contributed by atoms with Crippen molar-refractivity contribution in [3.05, 3.63) is 75.5 Å². The van der Waals surface area contributed by atoms with Crippen molar-refractivity contribution in [1.29, 1.82) is 0 Å². The smallest absolute Gasteiger partial charge is 0.340 e. The molecule has 10 heteroatoms. The molecule has 3 aromatic rings. The van der Waals surface area contributed by atoms with Gasteiger partial charge in [0.05, 0.1) is 26.9 Å². The Hall–Kier alpha value is -2.39. The van der Waals surface area contributed by atoms with Crippen LogP contribution in [-0.2, 0) is 21.4 Å². The van der Waals surface area contributed by atoms with Gasteiger partial charge in [-0.05, 0) is 37.3 Å². The van der Waals surface area contributed by atoms with E-state index in [1.54, 1.807) is 6.92 Å². The summed E-state index contributed by atoms with van der Waals surface area (Å²) in [6.07, 6.45) is 0. The highest BCUT2D eigenvalue weighted by Crippen LogP contribution is 2.26. The van der Waals surface area contributed by atoms with E-state index in [0.29, 0.717) is 16.4 Å². The Kier molecular flexibility index (Phi) is 5.76.